The van der Waals surface area contributed by atoms with E-state index in [1.807, 2.05) is 36.4 Å². The van der Waals surface area contributed by atoms with E-state index in [0.29, 0.717) is 36.9 Å². The molecule has 1 aliphatic heterocycles. The molecule has 2 aromatic rings. The summed E-state index contributed by atoms with van der Waals surface area (Å²) in [6.45, 7) is 1.52. The van der Waals surface area contributed by atoms with E-state index in [4.69, 9.17) is 9.47 Å². The van der Waals surface area contributed by atoms with Gasteiger partial charge in [-0.15, -0.1) is 0 Å². The first kappa shape index (κ1) is 15.7. The van der Waals surface area contributed by atoms with Gasteiger partial charge in [0, 0.05) is 18.1 Å². The molecule has 0 aromatic heterocycles. The molecular formula is C17H17BrN2O3. The van der Waals surface area contributed by atoms with Gasteiger partial charge in [-0.25, -0.2) is 4.79 Å². The van der Waals surface area contributed by atoms with Crippen molar-refractivity contribution in [2.45, 2.75) is 6.54 Å². The Morgan fingerprint density at radius 2 is 1.91 bits per heavy atom. The van der Waals surface area contributed by atoms with Crippen LogP contribution in [-0.4, -0.2) is 31.2 Å². The highest BCUT2D eigenvalue weighted by atomic mass is 79.9. The number of urea groups is 1. The zero-order valence-corrected chi connectivity index (χ0v) is 14.3. The molecule has 1 heterocycles. The summed E-state index contributed by atoms with van der Waals surface area (Å²) in [6, 6.07) is 13.1. The average molecular weight is 377 g/mol. The zero-order valence-electron chi connectivity index (χ0n) is 12.7. The van der Waals surface area contributed by atoms with Crippen LogP contribution in [0.4, 0.5) is 10.5 Å². The molecular weight excluding hydrogens is 360 g/mol. The Morgan fingerprint density at radius 3 is 2.70 bits per heavy atom. The van der Waals surface area contributed by atoms with Crippen molar-refractivity contribution in [2.75, 3.05) is 25.6 Å². The van der Waals surface area contributed by atoms with Crippen molar-refractivity contribution in [3.8, 4) is 11.5 Å². The monoisotopic (exact) mass is 376 g/mol. The molecule has 2 amide bonds. The van der Waals surface area contributed by atoms with Gasteiger partial charge >= 0.3 is 6.03 Å². The summed E-state index contributed by atoms with van der Waals surface area (Å²) in [4.78, 5) is 14.0. The first-order valence-electron chi connectivity index (χ1n) is 7.28. The molecule has 0 aliphatic carbocycles. The number of anilines is 1. The van der Waals surface area contributed by atoms with Crippen molar-refractivity contribution >= 4 is 27.6 Å². The van der Waals surface area contributed by atoms with E-state index in [9.17, 15) is 4.79 Å². The Bertz CT molecular complexity index is 703. The maximum absolute atomic E-state index is 12.4. The standard InChI is InChI=1S/C17H17BrN2O3/c1-20(11-12-5-7-13(18)8-6-12)17(21)19-14-3-2-4-15-16(14)23-10-9-22-15/h2-8H,9-11H2,1H3,(H,19,21). The van der Waals surface area contributed by atoms with Crippen LogP contribution in [0.5, 0.6) is 11.5 Å². The minimum absolute atomic E-state index is 0.199. The quantitative estimate of drug-likeness (QED) is 0.883. The molecule has 0 atom stereocenters. The summed E-state index contributed by atoms with van der Waals surface area (Å²) in [7, 11) is 1.75. The second-order valence-corrected chi connectivity index (χ2v) is 6.16. The van der Waals surface area contributed by atoms with Crippen molar-refractivity contribution in [3.63, 3.8) is 0 Å². The zero-order chi connectivity index (χ0) is 16.2. The molecule has 0 radical (unpaired) electrons. The van der Waals surface area contributed by atoms with Gasteiger partial charge in [-0.05, 0) is 29.8 Å². The Balaban J connectivity index is 1.68. The molecule has 0 fully saturated rings. The average Bonchev–Trinajstić information content (AvgIpc) is 2.57. The number of para-hydroxylation sites is 1. The van der Waals surface area contributed by atoms with Gasteiger partial charge < -0.3 is 19.7 Å². The molecule has 2 aromatic carbocycles. The highest BCUT2D eigenvalue weighted by Gasteiger charge is 2.18. The lowest BCUT2D eigenvalue weighted by molar-refractivity contribution is 0.172. The Labute approximate surface area is 143 Å². The molecule has 23 heavy (non-hydrogen) atoms. The lowest BCUT2D eigenvalue weighted by atomic mass is 10.2. The fourth-order valence-electron chi connectivity index (χ4n) is 2.32. The van der Waals surface area contributed by atoms with Crippen LogP contribution >= 0.6 is 15.9 Å². The van der Waals surface area contributed by atoms with Crippen LogP contribution in [0.1, 0.15) is 5.56 Å². The first-order chi connectivity index (χ1) is 11.1. The maximum atomic E-state index is 12.4. The molecule has 5 nitrogen and oxygen atoms in total. The summed E-state index contributed by atoms with van der Waals surface area (Å²) in [5, 5.41) is 2.87. The summed E-state index contributed by atoms with van der Waals surface area (Å²) < 4.78 is 12.1. The number of hydrogen-bond donors (Lipinski definition) is 1. The van der Waals surface area contributed by atoms with Crippen molar-refractivity contribution in [1.82, 2.24) is 4.90 Å². The van der Waals surface area contributed by atoms with Gasteiger partial charge in [0.15, 0.2) is 11.5 Å². The minimum atomic E-state index is -0.199. The largest absolute Gasteiger partial charge is 0.486 e. The van der Waals surface area contributed by atoms with Gasteiger partial charge in [-0.1, -0.05) is 34.1 Å². The fraction of sp³-hybridized carbons (Fsp3) is 0.235. The third-order valence-electron chi connectivity index (χ3n) is 3.49. The van der Waals surface area contributed by atoms with E-state index < -0.39 is 0 Å². The number of carbonyl (C=O) groups excluding carboxylic acids is 1. The van der Waals surface area contributed by atoms with Gasteiger partial charge in [0.2, 0.25) is 0 Å². The molecule has 0 saturated carbocycles. The van der Waals surface area contributed by atoms with E-state index >= 15 is 0 Å². The number of hydrogen-bond acceptors (Lipinski definition) is 3. The Kier molecular flexibility index (Phi) is 4.71. The minimum Gasteiger partial charge on any atom is -0.486 e. The number of carbonyl (C=O) groups is 1. The van der Waals surface area contributed by atoms with E-state index in [2.05, 4.69) is 21.2 Å². The number of rotatable bonds is 3. The SMILES string of the molecule is CN(Cc1ccc(Br)cc1)C(=O)Nc1cccc2c1OCCO2. The van der Waals surface area contributed by atoms with Crippen LogP contribution in [0.25, 0.3) is 0 Å². The van der Waals surface area contributed by atoms with E-state index in [0.717, 1.165) is 10.0 Å². The molecule has 3 rings (SSSR count). The number of nitrogens with zero attached hydrogens (tertiary/aromatic N) is 1. The van der Waals surface area contributed by atoms with E-state index in [1.54, 1.807) is 18.0 Å². The summed E-state index contributed by atoms with van der Waals surface area (Å²) >= 11 is 3.40. The molecule has 0 unspecified atom stereocenters. The molecule has 120 valence electrons. The second-order valence-electron chi connectivity index (χ2n) is 5.24. The van der Waals surface area contributed by atoms with Gasteiger partial charge in [-0.2, -0.15) is 0 Å². The highest BCUT2D eigenvalue weighted by molar-refractivity contribution is 9.10. The molecule has 0 spiro atoms. The lowest BCUT2D eigenvalue weighted by Gasteiger charge is -2.23. The molecule has 0 bridgehead atoms. The number of amides is 2. The third kappa shape index (κ3) is 3.76. The summed E-state index contributed by atoms with van der Waals surface area (Å²) in [6.07, 6.45) is 0. The number of halogens is 1. The van der Waals surface area contributed by atoms with Crippen LogP contribution in [0.15, 0.2) is 46.9 Å². The molecule has 1 N–H and O–H groups in total. The first-order valence-corrected chi connectivity index (χ1v) is 8.08. The van der Waals surface area contributed by atoms with E-state index in [1.165, 1.54) is 0 Å². The van der Waals surface area contributed by atoms with Crippen molar-refractivity contribution < 1.29 is 14.3 Å². The Hall–Kier alpha value is -2.21. The van der Waals surface area contributed by atoms with Gasteiger partial charge in [0.05, 0.1) is 5.69 Å². The van der Waals surface area contributed by atoms with Crippen LogP contribution in [-0.2, 0) is 6.54 Å². The topological polar surface area (TPSA) is 50.8 Å². The van der Waals surface area contributed by atoms with E-state index in [-0.39, 0.29) is 6.03 Å². The van der Waals surface area contributed by atoms with Crippen LogP contribution in [0.3, 0.4) is 0 Å². The van der Waals surface area contributed by atoms with Gasteiger partial charge in [-0.3, -0.25) is 0 Å². The van der Waals surface area contributed by atoms with Crippen molar-refractivity contribution in [3.05, 3.63) is 52.5 Å². The number of benzene rings is 2. The predicted octanol–water partition coefficient (Wildman–Crippen LogP) is 3.88. The van der Waals surface area contributed by atoms with Gasteiger partial charge in [0.25, 0.3) is 0 Å². The molecule has 6 heteroatoms. The Morgan fingerprint density at radius 1 is 1.17 bits per heavy atom. The van der Waals surface area contributed by atoms with Gasteiger partial charge in [0.1, 0.15) is 13.2 Å². The van der Waals surface area contributed by atoms with Crippen molar-refractivity contribution in [2.24, 2.45) is 0 Å². The van der Waals surface area contributed by atoms with Crippen LogP contribution in [0.2, 0.25) is 0 Å². The lowest BCUT2D eigenvalue weighted by Crippen LogP contribution is -2.31. The molecule has 0 saturated heterocycles. The van der Waals surface area contributed by atoms with Crippen LogP contribution in [0, 0.1) is 0 Å². The smallest absolute Gasteiger partial charge is 0.321 e. The highest BCUT2D eigenvalue weighted by Crippen LogP contribution is 2.37. The number of nitrogens with one attached hydrogen (secondary N) is 1. The number of ether oxygens (including phenoxy) is 2. The predicted molar refractivity (Wildman–Crippen MR) is 92.1 cm³/mol. The summed E-state index contributed by atoms with van der Waals surface area (Å²) in [5.41, 5.74) is 1.68. The maximum Gasteiger partial charge on any atom is 0.321 e. The molecule has 1 aliphatic rings. The summed E-state index contributed by atoms with van der Waals surface area (Å²) in [5.74, 6) is 1.24. The normalized spacial score (nSPS) is 12.6. The van der Waals surface area contributed by atoms with Crippen LogP contribution < -0.4 is 14.8 Å². The fourth-order valence-corrected chi connectivity index (χ4v) is 2.58. The van der Waals surface area contributed by atoms with Crippen molar-refractivity contribution in [1.29, 1.82) is 0 Å². The second kappa shape index (κ2) is 6.91. The number of fused-ring (bicyclic) bond motifs is 1. The third-order valence-corrected chi connectivity index (χ3v) is 4.02.